The molecule has 154 valence electrons. The van der Waals surface area contributed by atoms with Crippen LogP contribution in [0.2, 0.25) is 0 Å². The van der Waals surface area contributed by atoms with Crippen LogP contribution < -0.4 is 0 Å². The molecule has 0 atom stereocenters. The van der Waals surface area contributed by atoms with Crippen LogP contribution in [0.3, 0.4) is 0 Å². The van der Waals surface area contributed by atoms with Crippen LogP contribution in [0.15, 0.2) is 0 Å². The second-order valence-electron chi connectivity index (χ2n) is 6.27. The summed E-state index contributed by atoms with van der Waals surface area (Å²) < 4.78 is 0. The van der Waals surface area contributed by atoms with Crippen LogP contribution in [0, 0.1) is 0 Å². The highest BCUT2D eigenvalue weighted by Gasteiger charge is 2.18. The molecule has 0 radical (unpaired) electrons. The van der Waals surface area contributed by atoms with Gasteiger partial charge >= 0.3 is 0 Å². The van der Waals surface area contributed by atoms with Crippen molar-refractivity contribution < 1.29 is 9.59 Å². The summed E-state index contributed by atoms with van der Waals surface area (Å²) in [4.78, 5) is 24.9. The maximum absolute atomic E-state index is 11.7. The highest BCUT2D eigenvalue weighted by molar-refractivity contribution is 6.53. The molecule has 0 fully saturated rings. The number of halogens is 4. The Morgan fingerprint density at radius 1 is 0.615 bits per heavy atom. The van der Waals surface area contributed by atoms with Gasteiger partial charge in [-0.2, -0.15) is 0 Å². The van der Waals surface area contributed by atoms with Crippen molar-refractivity contribution >= 4 is 58.2 Å². The van der Waals surface area contributed by atoms with Gasteiger partial charge in [-0.3, -0.25) is 9.59 Å². The summed E-state index contributed by atoms with van der Waals surface area (Å²) in [6, 6.07) is 0. The number of nitrogens with zero attached hydrogens (tertiary/aromatic N) is 2. The highest BCUT2D eigenvalue weighted by atomic mass is 35.5. The van der Waals surface area contributed by atoms with Gasteiger partial charge in [-0.05, 0) is 26.7 Å². The summed E-state index contributed by atoms with van der Waals surface area (Å²) in [6.07, 6.45) is 8.86. The Hall–Kier alpha value is 0.1000. The molecule has 0 aliphatic rings. The lowest BCUT2D eigenvalue weighted by atomic mass is 10.1. The molecule has 0 aliphatic heterocycles. The number of hydrogen-bond donors (Lipinski definition) is 0. The summed E-state index contributed by atoms with van der Waals surface area (Å²) >= 11 is 22.5. The number of carbonyl (C=O) groups excluding carboxylic acids is 2. The smallest absolute Gasteiger partial charge is 0.255 e. The number of rotatable bonds is 15. The summed E-state index contributed by atoms with van der Waals surface area (Å²) in [5, 5.41) is 0. The topological polar surface area (TPSA) is 40.6 Å². The van der Waals surface area contributed by atoms with E-state index in [1.807, 2.05) is 13.8 Å². The lowest BCUT2D eigenvalue weighted by Crippen LogP contribution is -2.35. The molecule has 2 amide bonds. The summed E-state index contributed by atoms with van der Waals surface area (Å²) in [5.41, 5.74) is 0. The zero-order valence-corrected chi connectivity index (χ0v) is 18.9. The van der Waals surface area contributed by atoms with Crippen molar-refractivity contribution in [2.75, 3.05) is 26.2 Å². The van der Waals surface area contributed by atoms with Crippen LogP contribution in [0.1, 0.15) is 65.2 Å². The molecular weight excluding hydrogens is 418 g/mol. The zero-order chi connectivity index (χ0) is 19.9. The normalized spacial score (nSPS) is 11.2. The lowest BCUT2D eigenvalue weighted by molar-refractivity contribution is -0.130. The van der Waals surface area contributed by atoms with Crippen molar-refractivity contribution in [2.24, 2.45) is 0 Å². The van der Waals surface area contributed by atoms with Gasteiger partial charge in [-0.15, -0.1) is 0 Å². The third-order valence-corrected chi connectivity index (χ3v) is 5.11. The van der Waals surface area contributed by atoms with Gasteiger partial charge in [0.15, 0.2) is 9.67 Å². The quantitative estimate of drug-likeness (QED) is 0.247. The molecule has 4 nitrogen and oxygen atoms in total. The number of alkyl halides is 4. The van der Waals surface area contributed by atoms with E-state index >= 15 is 0 Å². The maximum atomic E-state index is 11.7. The van der Waals surface area contributed by atoms with Gasteiger partial charge in [0.1, 0.15) is 0 Å². The highest BCUT2D eigenvalue weighted by Crippen LogP contribution is 2.13. The largest absolute Gasteiger partial charge is 0.341 e. The first-order valence-corrected chi connectivity index (χ1v) is 11.2. The zero-order valence-electron chi connectivity index (χ0n) is 15.9. The Morgan fingerprint density at radius 2 is 0.885 bits per heavy atom. The third kappa shape index (κ3) is 11.7. The molecule has 0 aromatic heterocycles. The van der Waals surface area contributed by atoms with Gasteiger partial charge in [0, 0.05) is 26.2 Å². The molecule has 0 unspecified atom stereocenters. The minimum absolute atomic E-state index is 0.204. The maximum Gasteiger partial charge on any atom is 0.255 e. The van der Waals surface area contributed by atoms with Crippen molar-refractivity contribution in [3.8, 4) is 0 Å². The van der Waals surface area contributed by atoms with E-state index in [1.165, 1.54) is 12.8 Å². The van der Waals surface area contributed by atoms with E-state index in [4.69, 9.17) is 46.4 Å². The molecule has 0 saturated heterocycles. The SMILES string of the molecule is CCN(CCCCCCCCCCN(CC)C(=O)C(Cl)Cl)C(=O)C(Cl)Cl. The standard InChI is InChI=1S/C18H32Cl4N2O2/c1-3-23(17(25)15(19)20)13-11-9-7-5-6-8-10-12-14-24(4-2)18(26)16(21)22/h15-16H,3-14H2,1-2H3. The molecule has 8 heteroatoms. The Morgan fingerprint density at radius 3 is 1.12 bits per heavy atom. The average Bonchev–Trinajstić information content (AvgIpc) is 2.61. The molecule has 0 bridgehead atoms. The molecular formula is C18H32Cl4N2O2. The first-order chi connectivity index (χ1) is 12.3. The van der Waals surface area contributed by atoms with Crippen molar-refractivity contribution in [3.63, 3.8) is 0 Å². The van der Waals surface area contributed by atoms with Crippen LogP contribution >= 0.6 is 46.4 Å². The molecule has 26 heavy (non-hydrogen) atoms. The molecule has 0 N–H and O–H groups in total. The number of unbranched alkanes of at least 4 members (excludes halogenated alkanes) is 7. The molecule has 0 aromatic rings. The first kappa shape index (κ1) is 26.1. The molecule has 0 spiro atoms. The fraction of sp³-hybridized carbons (Fsp3) is 0.889. The monoisotopic (exact) mass is 448 g/mol. The Balaban J connectivity index is 3.62. The van der Waals surface area contributed by atoms with Gasteiger partial charge < -0.3 is 9.80 Å². The second kappa shape index (κ2) is 16.1. The number of carbonyl (C=O) groups is 2. The number of amides is 2. The van der Waals surface area contributed by atoms with Crippen LogP contribution in [0.4, 0.5) is 0 Å². The molecule has 0 aromatic carbocycles. The van der Waals surface area contributed by atoms with Gasteiger partial charge in [0.25, 0.3) is 11.8 Å². The van der Waals surface area contributed by atoms with Crippen molar-refractivity contribution in [3.05, 3.63) is 0 Å². The van der Waals surface area contributed by atoms with E-state index in [1.54, 1.807) is 9.80 Å². The summed E-state index contributed by atoms with van der Waals surface area (Å²) in [7, 11) is 0. The van der Waals surface area contributed by atoms with E-state index in [9.17, 15) is 9.59 Å². The van der Waals surface area contributed by atoms with Crippen LogP contribution in [0.5, 0.6) is 0 Å². The summed E-state index contributed by atoms with van der Waals surface area (Å²) in [6.45, 7) is 6.58. The molecule has 0 rings (SSSR count). The predicted octanol–water partition coefficient (Wildman–Crippen LogP) is 5.41. The van der Waals surface area contributed by atoms with Crippen LogP contribution in [0.25, 0.3) is 0 Å². The van der Waals surface area contributed by atoms with Gasteiger partial charge in [0.05, 0.1) is 0 Å². The third-order valence-electron chi connectivity index (χ3n) is 4.37. The van der Waals surface area contributed by atoms with Crippen LogP contribution in [-0.2, 0) is 9.59 Å². The van der Waals surface area contributed by atoms with Crippen molar-refractivity contribution in [1.29, 1.82) is 0 Å². The van der Waals surface area contributed by atoms with E-state index in [0.29, 0.717) is 26.2 Å². The average molecular weight is 450 g/mol. The fourth-order valence-electron chi connectivity index (χ4n) is 2.79. The number of hydrogen-bond acceptors (Lipinski definition) is 2. The van der Waals surface area contributed by atoms with Crippen LogP contribution in [-0.4, -0.2) is 57.5 Å². The van der Waals surface area contributed by atoms with E-state index in [-0.39, 0.29) is 11.8 Å². The minimum Gasteiger partial charge on any atom is -0.341 e. The Labute approximate surface area is 178 Å². The minimum atomic E-state index is -0.964. The van der Waals surface area contributed by atoms with E-state index < -0.39 is 9.67 Å². The van der Waals surface area contributed by atoms with Crippen molar-refractivity contribution in [2.45, 2.75) is 74.9 Å². The first-order valence-electron chi connectivity index (χ1n) is 9.48. The van der Waals surface area contributed by atoms with Crippen molar-refractivity contribution in [1.82, 2.24) is 9.80 Å². The van der Waals surface area contributed by atoms with E-state index in [0.717, 1.165) is 38.5 Å². The Bertz CT molecular complexity index is 359. The van der Waals surface area contributed by atoms with Gasteiger partial charge in [-0.1, -0.05) is 84.9 Å². The predicted molar refractivity (Wildman–Crippen MR) is 112 cm³/mol. The summed E-state index contributed by atoms with van der Waals surface area (Å²) in [5.74, 6) is -0.407. The van der Waals surface area contributed by atoms with E-state index in [2.05, 4.69) is 0 Å². The second-order valence-corrected chi connectivity index (χ2v) is 8.46. The van der Waals surface area contributed by atoms with Gasteiger partial charge in [-0.25, -0.2) is 0 Å². The Kier molecular flexibility index (Phi) is 16.2. The molecule has 0 aliphatic carbocycles. The molecule has 0 heterocycles. The fourth-order valence-corrected chi connectivity index (χ4v) is 3.34. The molecule has 0 saturated carbocycles. The lowest BCUT2D eigenvalue weighted by Gasteiger charge is -2.21. The van der Waals surface area contributed by atoms with Gasteiger partial charge in [0.2, 0.25) is 0 Å².